The number of carbonyl (C=O) groups is 1. The first kappa shape index (κ1) is 14.7. The van der Waals surface area contributed by atoms with Crippen LogP contribution in [0.15, 0.2) is 24.3 Å². The van der Waals surface area contributed by atoms with Gasteiger partial charge in [-0.15, -0.1) is 0 Å². The molecule has 2 rings (SSSR count). The Morgan fingerprint density at radius 1 is 1.35 bits per heavy atom. The highest BCUT2D eigenvalue weighted by molar-refractivity contribution is 14.1. The number of nitrogen functional groups attached to an aromatic ring is 1. The van der Waals surface area contributed by atoms with Crippen molar-refractivity contribution in [2.45, 2.75) is 6.92 Å². The number of hydrogen-bond donors (Lipinski definition) is 1. The van der Waals surface area contributed by atoms with Gasteiger partial charge in [0.2, 0.25) is 0 Å². The van der Waals surface area contributed by atoms with Crippen LogP contribution < -0.4 is 5.73 Å². The molecule has 0 radical (unpaired) electrons. The number of esters is 1. The number of carbonyl (C=O) groups excluding carboxylic acids is 1. The summed E-state index contributed by atoms with van der Waals surface area (Å²) in [6.07, 6.45) is 0. The second-order valence-electron chi connectivity index (χ2n) is 4.21. The molecule has 1 heterocycles. The molecule has 0 saturated carbocycles. The SMILES string of the molecule is COC(=O)c1nc(-c2ccc(C)cc2)c(F)c(N)c1I. The smallest absolute Gasteiger partial charge is 0.357 e. The Kier molecular flexibility index (Phi) is 4.22. The van der Waals surface area contributed by atoms with Crippen molar-refractivity contribution >= 4 is 34.2 Å². The van der Waals surface area contributed by atoms with Crippen LogP contribution in [0.2, 0.25) is 0 Å². The number of aromatic nitrogens is 1. The second kappa shape index (κ2) is 5.74. The summed E-state index contributed by atoms with van der Waals surface area (Å²) in [5, 5.41) is 0. The van der Waals surface area contributed by atoms with Gasteiger partial charge in [0, 0.05) is 5.56 Å². The van der Waals surface area contributed by atoms with Gasteiger partial charge in [0.15, 0.2) is 11.5 Å². The van der Waals surface area contributed by atoms with E-state index in [2.05, 4.69) is 9.72 Å². The lowest BCUT2D eigenvalue weighted by Crippen LogP contribution is -2.12. The third-order valence-electron chi connectivity index (χ3n) is 2.82. The molecule has 0 unspecified atom stereocenters. The van der Waals surface area contributed by atoms with E-state index in [1.54, 1.807) is 34.7 Å². The molecule has 20 heavy (non-hydrogen) atoms. The molecule has 6 heteroatoms. The van der Waals surface area contributed by atoms with Crippen LogP contribution >= 0.6 is 22.6 Å². The predicted octanol–water partition coefficient (Wildman–Crippen LogP) is 3.17. The number of ether oxygens (including phenoxy) is 1. The molecule has 2 N–H and O–H groups in total. The molecule has 0 aliphatic carbocycles. The molecule has 1 aromatic carbocycles. The summed E-state index contributed by atoms with van der Waals surface area (Å²) in [7, 11) is 1.24. The van der Waals surface area contributed by atoms with Crippen molar-refractivity contribution in [1.29, 1.82) is 0 Å². The van der Waals surface area contributed by atoms with E-state index in [9.17, 15) is 9.18 Å². The number of halogens is 2. The fourth-order valence-electron chi connectivity index (χ4n) is 1.70. The molecule has 0 aliphatic rings. The minimum absolute atomic E-state index is 0.0163. The van der Waals surface area contributed by atoms with E-state index in [0.717, 1.165) is 5.56 Å². The summed E-state index contributed by atoms with van der Waals surface area (Å²) in [5.74, 6) is -1.28. The van der Waals surface area contributed by atoms with E-state index >= 15 is 0 Å². The number of benzene rings is 1. The Balaban J connectivity index is 2.67. The molecule has 0 aliphatic heterocycles. The molecule has 0 amide bonds. The van der Waals surface area contributed by atoms with Gasteiger partial charge < -0.3 is 10.5 Å². The quantitative estimate of drug-likeness (QED) is 0.636. The highest BCUT2D eigenvalue weighted by atomic mass is 127. The molecule has 0 saturated heterocycles. The Morgan fingerprint density at radius 3 is 2.50 bits per heavy atom. The van der Waals surface area contributed by atoms with Crippen molar-refractivity contribution < 1.29 is 13.9 Å². The van der Waals surface area contributed by atoms with Crippen molar-refractivity contribution in [2.24, 2.45) is 0 Å². The number of nitrogens with zero attached hydrogens (tertiary/aromatic N) is 1. The standard InChI is InChI=1S/C14H12FIN2O2/c1-7-3-5-8(6-4-7)12-9(15)11(17)10(16)13(18-12)14(19)20-2/h3-6H,1-2H3,(H2,17,18). The van der Waals surface area contributed by atoms with Crippen LogP contribution in [0, 0.1) is 16.3 Å². The van der Waals surface area contributed by atoms with Crippen LogP contribution in [0.5, 0.6) is 0 Å². The van der Waals surface area contributed by atoms with E-state index in [0.29, 0.717) is 5.56 Å². The maximum Gasteiger partial charge on any atom is 0.357 e. The Labute approximate surface area is 129 Å². The van der Waals surface area contributed by atoms with E-state index in [-0.39, 0.29) is 20.6 Å². The zero-order valence-corrected chi connectivity index (χ0v) is 13.1. The zero-order valence-electron chi connectivity index (χ0n) is 10.9. The van der Waals surface area contributed by atoms with Crippen molar-refractivity contribution in [3.05, 3.63) is 44.9 Å². The Bertz CT molecular complexity index is 672. The van der Waals surface area contributed by atoms with Gasteiger partial charge in [-0.1, -0.05) is 29.8 Å². The largest absolute Gasteiger partial charge is 0.464 e. The molecule has 4 nitrogen and oxygen atoms in total. The summed E-state index contributed by atoms with van der Waals surface area (Å²) in [4.78, 5) is 15.7. The number of methoxy groups -OCH3 is 1. The molecule has 0 fully saturated rings. The molecular formula is C14H12FIN2O2. The molecule has 0 bridgehead atoms. The van der Waals surface area contributed by atoms with Gasteiger partial charge in [0.25, 0.3) is 0 Å². The zero-order chi connectivity index (χ0) is 14.9. The molecule has 0 spiro atoms. The van der Waals surface area contributed by atoms with Gasteiger partial charge in [0.1, 0.15) is 5.69 Å². The number of nitrogens with two attached hydrogens (primary N) is 1. The first-order chi connectivity index (χ1) is 9.45. The van der Waals surface area contributed by atoms with Crippen molar-refractivity contribution in [3.8, 4) is 11.3 Å². The summed E-state index contributed by atoms with van der Waals surface area (Å²) >= 11 is 1.78. The van der Waals surface area contributed by atoms with Crippen molar-refractivity contribution in [1.82, 2.24) is 4.98 Å². The number of hydrogen-bond acceptors (Lipinski definition) is 4. The van der Waals surface area contributed by atoms with Crippen LogP contribution in [0.3, 0.4) is 0 Å². The summed E-state index contributed by atoms with van der Waals surface area (Å²) in [6.45, 7) is 1.93. The third-order valence-corrected chi connectivity index (χ3v) is 3.91. The molecule has 1 aromatic heterocycles. The van der Waals surface area contributed by atoms with Crippen molar-refractivity contribution in [3.63, 3.8) is 0 Å². The van der Waals surface area contributed by atoms with Crippen LogP contribution in [-0.2, 0) is 4.74 Å². The minimum Gasteiger partial charge on any atom is -0.464 e. The van der Waals surface area contributed by atoms with Gasteiger partial charge >= 0.3 is 5.97 Å². The first-order valence-corrected chi connectivity index (χ1v) is 6.83. The van der Waals surface area contributed by atoms with E-state index in [1.807, 2.05) is 19.1 Å². The first-order valence-electron chi connectivity index (χ1n) is 5.75. The predicted molar refractivity (Wildman–Crippen MR) is 82.8 cm³/mol. The maximum atomic E-state index is 14.3. The molecule has 0 atom stereocenters. The topological polar surface area (TPSA) is 65.2 Å². The van der Waals surface area contributed by atoms with Crippen molar-refractivity contribution in [2.75, 3.05) is 12.8 Å². The van der Waals surface area contributed by atoms with E-state index in [1.165, 1.54) is 7.11 Å². The highest BCUT2D eigenvalue weighted by Crippen LogP contribution is 2.30. The monoisotopic (exact) mass is 386 g/mol. The van der Waals surface area contributed by atoms with Crippen LogP contribution in [0.25, 0.3) is 11.3 Å². The Morgan fingerprint density at radius 2 is 1.95 bits per heavy atom. The van der Waals surface area contributed by atoms with E-state index in [4.69, 9.17) is 5.73 Å². The lowest BCUT2D eigenvalue weighted by atomic mass is 10.1. The average molecular weight is 386 g/mol. The van der Waals surface area contributed by atoms with Crippen LogP contribution in [0.1, 0.15) is 16.1 Å². The minimum atomic E-state index is -0.644. The second-order valence-corrected chi connectivity index (χ2v) is 5.29. The molecular weight excluding hydrogens is 374 g/mol. The molecule has 2 aromatic rings. The lowest BCUT2D eigenvalue weighted by molar-refractivity contribution is 0.0593. The van der Waals surface area contributed by atoms with Gasteiger partial charge in [-0.05, 0) is 29.5 Å². The van der Waals surface area contributed by atoms with Gasteiger partial charge in [0.05, 0.1) is 16.4 Å². The van der Waals surface area contributed by atoms with Gasteiger partial charge in [-0.3, -0.25) is 0 Å². The normalized spacial score (nSPS) is 10.4. The van der Waals surface area contributed by atoms with E-state index < -0.39 is 11.8 Å². The summed E-state index contributed by atoms with van der Waals surface area (Å²) < 4.78 is 19.1. The number of rotatable bonds is 2. The average Bonchev–Trinajstić information content (AvgIpc) is 2.45. The number of anilines is 1. The number of pyridine rings is 1. The maximum absolute atomic E-state index is 14.3. The van der Waals surface area contributed by atoms with Crippen LogP contribution in [0.4, 0.5) is 10.1 Å². The highest BCUT2D eigenvalue weighted by Gasteiger charge is 2.22. The number of aryl methyl sites for hydroxylation is 1. The van der Waals surface area contributed by atoms with Gasteiger partial charge in [-0.2, -0.15) is 0 Å². The summed E-state index contributed by atoms with van der Waals surface area (Å²) in [5.41, 5.74) is 7.27. The van der Waals surface area contributed by atoms with Gasteiger partial charge in [-0.25, -0.2) is 14.2 Å². The Hall–Kier alpha value is -1.70. The third kappa shape index (κ3) is 2.60. The lowest BCUT2D eigenvalue weighted by Gasteiger charge is -2.10. The summed E-state index contributed by atoms with van der Waals surface area (Å²) in [6, 6.07) is 7.13. The molecule has 104 valence electrons. The fourth-order valence-corrected chi connectivity index (χ4v) is 2.27. The van der Waals surface area contributed by atoms with Crippen LogP contribution in [-0.4, -0.2) is 18.1 Å². The fraction of sp³-hybridized carbons (Fsp3) is 0.143.